The minimum Gasteiger partial charge on any atom is -0.366 e. The zero-order valence-electron chi connectivity index (χ0n) is 17.1. The Morgan fingerprint density at radius 3 is 2.19 bits per heavy atom. The first-order valence-electron chi connectivity index (χ1n) is 10.4. The third-order valence-electron chi connectivity index (χ3n) is 5.73. The van der Waals surface area contributed by atoms with Crippen LogP contribution in [0.2, 0.25) is 0 Å². The molecule has 1 aliphatic rings. The summed E-state index contributed by atoms with van der Waals surface area (Å²) in [6.45, 7) is 11.0. The van der Waals surface area contributed by atoms with Gasteiger partial charge in [0, 0.05) is 11.6 Å². The van der Waals surface area contributed by atoms with Gasteiger partial charge in [0.15, 0.2) is 0 Å². The van der Waals surface area contributed by atoms with Crippen LogP contribution in [0.4, 0.5) is 5.82 Å². The van der Waals surface area contributed by atoms with E-state index in [4.69, 9.17) is 9.97 Å². The van der Waals surface area contributed by atoms with Gasteiger partial charge in [-0.25, -0.2) is 9.97 Å². The summed E-state index contributed by atoms with van der Waals surface area (Å²) >= 11 is 0. The number of hydrogen-bond acceptors (Lipinski definition) is 3. The number of nitrogens with one attached hydrogen (secondary N) is 1. The maximum absolute atomic E-state index is 5.12. The summed E-state index contributed by atoms with van der Waals surface area (Å²) in [5.41, 5.74) is 8.93. The fourth-order valence-electron chi connectivity index (χ4n) is 4.02. The normalized spacial score (nSPS) is 13.3. The molecule has 3 heteroatoms. The van der Waals surface area contributed by atoms with Gasteiger partial charge in [0.25, 0.3) is 0 Å². The Kier molecular flexibility index (Phi) is 5.95. The Labute approximate surface area is 158 Å². The average molecular weight is 352 g/mol. The van der Waals surface area contributed by atoms with E-state index in [0.717, 1.165) is 48.6 Å². The van der Waals surface area contributed by atoms with Crippen LogP contribution in [0, 0.1) is 6.92 Å². The lowest BCUT2D eigenvalue weighted by molar-refractivity contribution is 0.665. The van der Waals surface area contributed by atoms with Crippen LogP contribution >= 0.6 is 0 Å². The number of aryl methyl sites for hydroxylation is 5. The minimum atomic E-state index is 0.465. The summed E-state index contributed by atoms with van der Waals surface area (Å²) in [5, 5.41) is 3.63. The number of rotatable bonds is 7. The van der Waals surface area contributed by atoms with Crippen molar-refractivity contribution >= 4 is 5.82 Å². The van der Waals surface area contributed by atoms with Crippen molar-refractivity contribution in [2.24, 2.45) is 0 Å². The molecule has 0 unspecified atom stereocenters. The molecule has 0 aliphatic heterocycles. The average Bonchev–Trinajstić information content (AvgIpc) is 3.11. The van der Waals surface area contributed by atoms with Gasteiger partial charge in [-0.15, -0.1) is 0 Å². The molecular weight excluding hydrogens is 318 g/mol. The van der Waals surface area contributed by atoms with E-state index in [9.17, 15) is 0 Å². The smallest absolute Gasteiger partial charge is 0.148 e. The fourth-order valence-corrected chi connectivity index (χ4v) is 4.02. The molecule has 140 valence electrons. The summed E-state index contributed by atoms with van der Waals surface area (Å²) in [6, 6.07) is 5.22. The largest absolute Gasteiger partial charge is 0.366 e. The topological polar surface area (TPSA) is 37.8 Å². The molecule has 0 atom stereocenters. The molecule has 0 amide bonds. The van der Waals surface area contributed by atoms with Crippen LogP contribution in [-0.4, -0.2) is 16.0 Å². The van der Waals surface area contributed by atoms with Crippen LogP contribution < -0.4 is 5.32 Å². The molecule has 0 saturated carbocycles. The molecule has 1 N–H and O–H groups in total. The van der Waals surface area contributed by atoms with Gasteiger partial charge < -0.3 is 5.32 Å². The van der Waals surface area contributed by atoms with E-state index in [0.29, 0.717) is 6.04 Å². The van der Waals surface area contributed by atoms with Crippen LogP contribution in [0.25, 0.3) is 11.3 Å². The highest BCUT2D eigenvalue weighted by molar-refractivity contribution is 5.69. The Bertz CT molecular complexity index is 776. The number of benzene rings is 1. The summed E-state index contributed by atoms with van der Waals surface area (Å²) in [7, 11) is 0. The lowest BCUT2D eigenvalue weighted by Gasteiger charge is -2.20. The maximum atomic E-state index is 5.12. The van der Waals surface area contributed by atoms with Crippen molar-refractivity contribution in [2.75, 3.05) is 5.32 Å². The van der Waals surface area contributed by atoms with E-state index in [2.05, 4.69) is 52.1 Å². The van der Waals surface area contributed by atoms with Crippen molar-refractivity contribution in [1.29, 1.82) is 0 Å². The predicted octanol–water partition coefficient (Wildman–Crippen LogP) is 5.67. The molecule has 0 fully saturated rings. The Morgan fingerprint density at radius 2 is 1.58 bits per heavy atom. The molecule has 0 spiro atoms. The van der Waals surface area contributed by atoms with Crippen molar-refractivity contribution in [3.63, 3.8) is 0 Å². The summed E-state index contributed by atoms with van der Waals surface area (Å²) in [5.74, 6) is 0.987. The molecule has 2 aromatic rings. The van der Waals surface area contributed by atoms with Crippen LogP contribution in [0.3, 0.4) is 0 Å². The minimum absolute atomic E-state index is 0.465. The summed E-state index contributed by atoms with van der Waals surface area (Å²) in [6.07, 6.45) is 7.72. The van der Waals surface area contributed by atoms with Gasteiger partial charge in [0.2, 0.25) is 0 Å². The monoisotopic (exact) mass is 351 g/mol. The van der Waals surface area contributed by atoms with E-state index in [1.165, 1.54) is 41.5 Å². The zero-order chi connectivity index (χ0) is 18.7. The van der Waals surface area contributed by atoms with E-state index in [1.54, 1.807) is 0 Å². The summed E-state index contributed by atoms with van der Waals surface area (Å²) in [4.78, 5) is 10.2. The van der Waals surface area contributed by atoms with Crippen molar-refractivity contribution in [2.45, 2.75) is 85.6 Å². The highest BCUT2D eigenvalue weighted by Gasteiger charge is 2.19. The van der Waals surface area contributed by atoms with E-state index >= 15 is 0 Å². The van der Waals surface area contributed by atoms with Crippen LogP contribution in [-0.2, 0) is 25.7 Å². The predicted molar refractivity (Wildman–Crippen MR) is 111 cm³/mol. The lowest BCUT2D eigenvalue weighted by atomic mass is 9.97. The highest BCUT2D eigenvalue weighted by Crippen LogP contribution is 2.33. The van der Waals surface area contributed by atoms with Crippen molar-refractivity contribution in [1.82, 2.24) is 9.97 Å². The molecule has 3 nitrogen and oxygen atoms in total. The molecule has 1 heterocycles. The van der Waals surface area contributed by atoms with Gasteiger partial charge in [-0.3, -0.25) is 0 Å². The van der Waals surface area contributed by atoms with Crippen molar-refractivity contribution in [3.8, 4) is 11.3 Å². The molecule has 1 aromatic heterocycles. The molecule has 1 aromatic carbocycles. The fraction of sp³-hybridized carbons (Fsp3) is 0.565. The van der Waals surface area contributed by atoms with Crippen LogP contribution in [0.5, 0.6) is 0 Å². The number of aromatic nitrogens is 2. The van der Waals surface area contributed by atoms with Crippen LogP contribution in [0.1, 0.15) is 75.0 Å². The van der Waals surface area contributed by atoms with E-state index < -0.39 is 0 Å². The Morgan fingerprint density at radius 1 is 0.923 bits per heavy atom. The SMILES string of the molecule is CCc1nc(-c2cc3c(cc2C)CCC3)c(CC)nc1NC(CC)CC. The number of anilines is 1. The first-order valence-corrected chi connectivity index (χ1v) is 10.4. The van der Waals surface area contributed by atoms with Crippen LogP contribution in [0.15, 0.2) is 12.1 Å². The number of fused-ring (bicyclic) bond motifs is 1. The third-order valence-corrected chi connectivity index (χ3v) is 5.73. The first-order chi connectivity index (χ1) is 12.6. The van der Waals surface area contributed by atoms with Gasteiger partial charge >= 0.3 is 0 Å². The van der Waals surface area contributed by atoms with Gasteiger partial charge in [0.1, 0.15) is 5.82 Å². The maximum Gasteiger partial charge on any atom is 0.148 e. The van der Waals surface area contributed by atoms with Gasteiger partial charge in [-0.2, -0.15) is 0 Å². The standard InChI is InChI=1S/C23H33N3/c1-6-18(7-2)24-23-21(9-4)25-22(20(8-3)26-23)19-14-17-12-10-11-16(17)13-15(19)5/h13-14,18H,6-12H2,1-5H3,(H,24,26). The van der Waals surface area contributed by atoms with Gasteiger partial charge in [0.05, 0.1) is 17.1 Å². The third kappa shape index (κ3) is 3.62. The molecule has 1 aliphatic carbocycles. The second kappa shape index (κ2) is 8.20. The first kappa shape index (κ1) is 18.9. The van der Waals surface area contributed by atoms with Crippen molar-refractivity contribution in [3.05, 3.63) is 40.2 Å². The molecule has 3 rings (SSSR count). The molecular formula is C23H33N3. The second-order valence-electron chi connectivity index (χ2n) is 7.47. The molecule has 0 saturated heterocycles. The van der Waals surface area contributed by atoms with Gasteiger partial charge in [-0.1, -0.05) is 33.8 Å². The quantitative estimate of drug-likeness (QED) is 0.699. The number of nitrogens with zero attached hydrogens (tertiary/aromatic N) is 2. The summed E-state index contributed by atoms with van der Waals surface area (Å²) < 4.78 is 0. The number of hydrogen-bond donors (Lipinski definition) is 1. The van der Waals surface area contributed by atoms with Crippen molar-refractivity contribution < 1.29 is 0 Å². The second-order valence-corrected chi connectivity index (χ2v) is 7.47. The molecule has 0 bridgehead atoms. The molecule has 26 heavy (non-hydrogen) atoms. The Balaban J connectivity index is 2.08. The van der Waals surface area contributed by atoms with Gasteiger partial charge in [-0.05, 0) is 74.6 Å². The van der Waals surface area contributed by atoms with E-state index in [1.807, 2.05) is 0 Å². The lowest BCUT2D eigenvalue weighted by Crippen LogP contribution is -2.20. The molecule has 0 radical (unpaired) electrons. The highest BCUT2D eigenvalue weighted by atomic mass is 15.0. The Hall–Kier alpha value is -1.90. The van der Waals surface area contributed by atoms with E-state index in [-0.39, 0.29) is 0 Å². The zero-order valence-corrected chi connectivity index (χ0v) is 17.1.